The van der Waals surface area contributed by atoms with Crippen LogP contribution in [0, 0.1) is 0 Å². The molecular formula is C19H23NO6. The number of carboxylic acids is 1. The molecule has 2 rings (SSSR count). The average molecular weight is 361 g/mol. The number of ether oxygens (including phenoxy) is 3. The summed E-state index contributed by atoms with van der Waals surface area (Å²) in [7, 11) is 0. The van der Waals surface area contributed by atoms with Crippen molar-refractivity contribution in [2.45, 2.75) is 19.3 Å². The molecule has 0 radical (unpaired) electrons. The van der Waals surface area contributed by atoms with E-state index in [-0.39, 0.29) is 19.4 Å². The fraction of sp³-hybridized carbons (Fsp3) is 0.316. The first-order valence-corrected chi connectivity index (χ1v) is 8.23. The van der Waals surface area contributed by atoms with Gasteiger partial charge in [0.25, 0.3) is 0 Å². The van der Waals surface area contributed by atoms with Crippen LogP contribution in [0.2, 0.25) is 0 Å². The van der Waals surface area contributed by atoms with E-state index in [2.05, 4.69) is 5.32 Å². The molecule has 0 bridgehead atoms. The maximum atomic E-state index is 10.5. The molecule has 2 aromatic carbocycles. The average Bonchev–Trinajstić information content (AvgIpc) is 2.65. The summed E-state index contributed by atoms with van der Waals surface area (Å²) in [6.07, 6.45) is -1.000. The second-order valence-electron chi connectivity index (χ2n) is 5.60. The van der Waals surface area contributed by atoms with E-state index in [1.54, 1.807) is 24.3 Å². The van der Waals surface area contributed by atoms with Crippen molar-refractivity contribution in [3.63, 3.8) is 0 Å². The molecule has 0 saturated heterocycles. The van der Waals surface area contributed by atoms with Gasteiger partial charge >= 0.3 is 5.97 Å². The number of benzene rings is 2. The Kier molecular flexibility index (Phi) is 7.73. The minimum atomic E-state index is -1.03. The molecular weight excluding hydrogens is 338 g/mol. The van der Waals surface area contributed by atoms with Gasteiger partial charge < -0.3 is 24.4 Å². The monoisotopic (exact) mass is 361 g/mol. The van der Waals surface area contributed by atoms with E-state index in [4.69, 9.17) is 19.3 Å². The Balaban J connectivity index is 1.67. The van der Waals surface area contributed by atoms with Crippen molar-refractivity contribution < 1.29 is 29.2 Å². The van der Waals surface area contributed by atoms with E-state index >= 15 is 0 Å². The van der Waals surface area contributed by atoms with Gasteiger partial charge in [-0.25, -0.2) is 4.79 Å². The van der Waals surface area contributed by atoms with Crippen LogP contribution in [0.25, 0.3) is 0 Å². The van der Waals surface area contributed by atoms with Crippen molar-refractivity contribution in [1.82, 2.24) is 5.32 Å². The molecule has 2 atom stereocenters. The Morgan fingerprint density at radius 1 is 1.00 bits per heavy atom. The fourth-order valence-electron chi connectivity index (χ4n) is 2.08. The maximum Gasteiger partial charge on any atom is 0.341 e. The van der Waals surface area contributed by atoms with Crippen LogP contribution in [-0.2, 0) is 4.79 Å². The van der Waals surface area contributed by atoms with E-state index in [1.165, 1.54) is 0 Å². The molecule has 0 heterocycles. The van der Waals surface area contributed by atoms with Gasteiger partial charge in [-0.3, -0.25) is 5.32 Å². The van der Waals surface area contributed by atoms with E-state index in [0.717, 1.165) is 0 Å². The number of hydrogen-bond acceptors (Lipinski definition) is 6. The van der Waals surface area contributed by atoms with Gasteiger partial charge in [-0.05, 0) is 43.3 Å². The molecule has 0 amide bonds. The number of aliphatic hydroxyl groups excluding tert-OH is 1. The van der Waals surface area contributed by atoms with Gasteiger partial charge in [0.05, 0.1) is 0 Å². The topological polar surface area (TPSA) is 97.3 Å². The smallest absolute Gasteiger partial charge is 0.341 e. The van der Waals surface area contributed by atoms with Crippen molar-refractivity contribution in [2.24, 2.45) is 0 Å². The number of para-hydroxylation sites is 1. The summed E-state index contributed by atoms with van der Waals surface area (Å²) in [5.41, 5.74) is 0. The summed E-state index contributed by atoms with van der Waals surface area (Å²) in [5, 5.41) is 21.6. The van der Waals surface area contributed by atoms with Crippen LogP contribution < -0.4 is 19.5 Å². The first-order chi connectivity index (χ1) is 12.5. The Bertz CT molecular complexity index is 661. The highest BCUT2D eigenvalue weighted by Gasteiger charge is 2.09. The Labute approximate surface area is 152 Å². The molecule has 2 aromatic rings. The third-order valence-electron chi connectivity index (χ3n) is 3.33. The molecule has 3 N–H and O–H groups in total. The molecule has 0 saturated carbocycles. The molecule has 0 unspecified atom stereocenters. The van der Waals surface area contributed by atoms with Crippen LogP contribution in [-0.4, -0.2) is 48.3 Å². The van der Waals surface area contributed by atoms with Gasteiger partial charge in [-0.2, -0.15) is 0 Å². The molecule has 0 aliphatic heterocycles. The van der Waals surface area contributed by atoms with Gasteiger partial charge in [0.15, 0.2) is 6.61 Å². The van der Waals surface area contributed by atoms with E-state index < -0.39 is 12.1 Å². The van der Waals surface area contributed by atoms with Crippen LogP contribution in [0.4, 0.5) is 0 Å². The Morgan fingerprint density at radius 3 is 2.27 bits per heavy atom. The fourth-order valence-corrected chi connectivity index (χ4v) is 2.08. The lowest BCUT2D eigenvalue weighted by molar-refractivity contribution is -0.139. The standard InChI is InChI=1S/C19H23NO6/c1-14(20-11-15(21)12-24-16-5-3-2-4-6-16)26-18-9-7-17(8-10-18)25-13-19(22)23/h2-10,14-15,20-21H,11-13H2,1H3,(H,22,23)/t14-,15-/m0/s1. The molecule has 0 fully saturated rings. The normalized spacial score (nSPS) is 12.8. The summed E-state index contributed by atoms with van der Waals surface area (Å²) < 4.78 is 16.2. The number of aliphatic carboxylic acids is 1. The molecule has 7 nitrogen and oxygen atoms in total. The number of carboxylic acid groups (broad SMARTS) is 1. The van der Waals surface area contributed by atoms with E-state index in [1.807, 2.05) is 37.3 Å². The van der Waals surface area contributed by atoms with Crippen molar-refractivity contribution in [2.75, 3.05) is 19.8 Å². The van der Waals surface area contributed by atoms with Gasteiger partial charge in [-0.15, -0.1) is 0 Å². The molecule has 26 heavy (non-hydrogen) atoms. The first-order valence-electron chi connectivity index (χ1n) is 8.23. The van der Waals surface area contributed by atoms with Crippen LogP contribution in [0.5, 0.6) is 17.2 Å². The molecule has 0 aromatic heterocycles. The zero-order valence-electron chi connectivity index (χ0n) is 14.5. The van der Waals surface area contributed by atoms with Gasteiger partial charge in [0.2, 0.25) is 0 Å². The van der Waals surface area contributed by atoms with Crippen LogP contribution >= 0.6 is 0 Å². The zero-order chi connectivity index (χ0) is 18.8. The second kappa shape index (κ2) is 10.3. The number of hydrogen-bond donors (Lipinski definition) is 3. The Hall–Kier alpha value is -2.77. The highest BCUT2D eigenvalue weighted by Crippen LogP contribution is 2.18. The highest BCUT2D eigenvalue weighted by atomic mass is 16.5. The summed E-state index contributed by atoms with van der Waals surface area (Å²) in [6.45, 7) is 1.92. The number of carbonyl (C=O) groups is 1. The molecule has 0 spiro atoms. The van der Waals surface area contributed by atoms with Crippen molar-refractivity contribution in [3.05, 3.63) is 54.6 Å². The number of nitrogens with one attached hydrogen (secondary N) is 1. The van der Waals surface area contributed by atoms with Crippen LogP contribution in [0.15, 0.2) is 54.6 Å². The quantitative estimate of drug-likeness (QED) is 0.526. The van der Waals surface area contributed by atoms with Crippen molar-refractivity contribution in [1.29, 1.82) is 0 Å². The van der Waals surface area contributed by atoms with E-state index in [0.29, 0.717) is 23.8 Å². The molecule has 0 aliphatic carbocycles. The largest absolute Gasteiger partial charge is 0.491 e. The predicted octanol–water partition coefficient (Wildman–Crippen LogP) is 1.90. The van der Waals surface area contributed by atoms with E-state index in [9.17, 15) is 9.90 Å². The first kappa shape index (κ1) is 19.6. The highest BCUT2D eigenvalue weighted by molar-refractivity contribution is 5.68. The number of aliphatic hydroxyl groups is 1. The lowest BCUT2D eigenvalue weighted by atomic mass is 10.3. The SMILES string of the molecule is C[C@@H](NC[C@H](O)COc1ccccc1)Oc1ccc(OCC(=O)O)cc1. The molecule has 0 aliphatic rings. The third kappa shape index (κ3) is 7.42. The minimum Gasteiger partial charge on any atom is -0.491 e. The molecule has 7 heteroatoms. The van der Waals surface area contributed by atoms with Gasteiger partial charge in [-0.1, -0.05) is 18.2 Å². The summed E-state index contributed by atoms with van der Waals surface area (Å²) in [6, 6.07) is 15.9. The number of rotatable bonds is 11. The van der Waals surface area contributed by atoms with Crippen LogP contribution in [0.1, 0.15) is 6.92 Å². The predicted molar refractivity (Wildman–Crippen MR) is 95.6 cm³/mol. The van der Waals surface area contributed by atoms with Gasteiger partial charge in [0, 0.05) is 6.54 Å². The summed E-state index contributed by atoms with van der Waals surface area (Å²) in [4.78, 5) is 10.5. The maximum absolute atomic E-state index is 10.5. The zero-order valence-corrected chi connectivity index (χ0v) is 14.5. The van der Waals surface area contributed by atoms with Crippen molar-refractivity contribution >= 4 is 5.97 Å². The van der Waals surface area contributed by atoms with Crippen molar-refractivity contribution in [3.8, 4) is 17.2 Å². The van der Waals surface area contributed by atoms with Crippen LogP contribution in [0.3, 0.4) is 0 Å². The lowest BCUT2D eigenvalue weighted by Crippen LogP contribution is -2.39. The Morgan fingerprint density at radius 2 is 1.62 bits per heavy atom. The van der Waals surface area contributed by atoms with Gasteiger partial charge in [0.1, 0.15) is 36.2 Å². The second-order valence-corrected chi connectivity index (χ2v) is 5.60. The molecule has 140 valence electrons. The minimum absolute atomic E-state index is 0.180. The summed E-state index contributed by atoms with van der Waals surface area (Å²) >= 11 is 0. The lowest BCUT2D eigenvalue weighted by Gasteiger charge is -2.19. The summed E-state index contributed by atoms with van der Waals surface area (Å²) in [5.74, 6) is 0.732. The third-order valence-corrected chi connectivity index (χ3v) is 3.33.